The highest BCUT2D eigenvalue weighted by Crippen LogP contribution is 2.43. The van der Waals surface area contributed by atoms with E-state index in [4.69, 9.17) is 11.6 Å². The van der Waals surface area contributed by atoms with Crippen LogP contribution in [0.3, 0.4) is 0 Å². The molecule has 0 aliphatic heterocycles. The Kier molecular flexibility index (Phi) is 3.68. The molecule has 0 N–H and O–H groups in total. The van der Waals surface area contributed by atoms with Crippen LogP contribution in [0.5, 0.6) is 0 Å². The largest absolute Gasteiger partial charge is 0.106 e. The van der Waals surface area contributed by atoms with Gasteiger partial charge in [0.15, 0.2) is 0 Å². The molecule has 0 heterocycles. The zero-order chi connectivity index (χ0) is 12.5. The molecule has 0 amide bonds. The van der Waals surface area contributed by atoms with Gasteiger partial charge in [0.1, 0.15) is 7.85 Å². The number of hydrogen-bond donors (Lipinski definition) is 0. The van der Waals surface area contributed by atoms with Crippen molar-refractivity contribution in [1.82, 2.24) is 0 Å². The second-order valence-corrected chi connectivity index (χ2v) is 6.22. The lowest BCUT2D eigenvalue weighted by molar-refractivity contribution is 0.332. The molecule has 1 aromatic rings. The Bertz CT molecular complexity index is 429. The second kappa shape index (κ2) is 4.90. The minimum absolute atomic E-state index is 0.438. The van der Waals surface area contributed by atoms with Gasteiger partial charge in [0, 0.05) is 5.02 Å². The van der Waals surface area contributed by atoms with Crippen molar-refractivity contribution in [3.63, 3.8) is 0 Å². The van der Waals surface area contributed by atoms with Crippen molar-refractivity contribution in [3.8, 4) is 0 Å². The van der Waals surface area contributed by atoms with E-state index in [9.17, 15) is 0 Å². The monoisotopic (exact) mass is 246 g/mol. The van der Waals surface area contributed by atoms with E-state index in [1.807, 2.05) is 12.1 Å². The van der Waals surface area contributed by atoms with Crippen LogP contribution in [0.15, 0.2) is 29.8 Å². The van der Waals surface area contributed by atoms with E-state index in [-0.39, 0.29) is 0 Å². The molecule has 0 saturated heterocycles. The Morgan fingerprint density at radius 1 is 1.24 bits per heavy atom. The molecule has 0 fully saturated rings. The van der Waals surface area contributed by atoms with Crippen molar-refractivity contribution in [3.05, 3.63) is 40.4 Å². The smallest absolute Gasteiger partial charge is 0.0843 e. The molecule has 0 radical (unpaired) electrons. The first-order valence-electron chi connectivity index (χ1n) is 6.49. The van der Waals surface area contributed by atoms with E-state index in [2.05, 4.69) is 33.8 Å². The summed E-state index contributed by atoms with van der Waals surface area (Å²) in [4.78, 5) is 0. The van der Waals surface area contributed by atoms with Gasteiger partial charge in [0.25, 0.3) is 0 Å². The molecule has 1 aromatic carbocycles. The number of allylic oxidation sites excluding steroid dienone is 2. The van der Waals surface area contributed by atoms with E-state index in [1.165, 1.54) is 31.1 Å². The van der Waals surface area contributed by atoms with Gasteiger partial charge in [-0.1, -0.05) is 49.5 Å². The number of halogens is 1. The van der Waals surface area contributed by atoms with Gasteiger partial charge in [-0.15, -0.1) is 0 Å². The molecule has 1 aliphatic carbocycles. The van der Waals surface area contributed by atoms with Crippen molar-refractivity contribution >= 4 is 25.0 Å². The quantitative estimate of drug-likeness (QED) is 0.681. The van der Waals surface area contributed by atoms with Gasteiger partial charge in [0.2, 0.25) is 0 Å². The van der Waals surface area contributed by atoms with Gasteiger partial charge in [-0.3, -0.25) is 0 Å². The normalized spacial score (nSPS) is 19.5. The van der Waals surface area contributed by atoms with Crippen molar-refractivity contribution in [1.29, 1.82) is 0 Å². The highest BCUT2D eigenvalue weighted by molar-refractivity contribution is 6.30. The lowest BCUT2D eigenvalue weighted by atomic mass is 9.70. The van der Waals surface area contributed by atoms with Crippen LogP contribution >= 0.6 is 11.6 Å². The fourth-order valence-electron chi connectivity index (χ4n) is 2.68. The van der Waals surface area contributed by atoms with Gasteiger partial charge >= 0.3 is 0 Å². The van der Waals surface area contributed by atoms with Crippen LogP contribution in [-0.2, 0) is 0 Å². The second-order valence-electron chi connectivity index (χ2n) is 5.78. The zero-order valence-corrected chi connectivity index (χ0v) is 11.8. The molecule has 0 spiro atoms. The number of rotatable bonds is 2. The molecule has 0 bridgehead atoms. The van der Waals surface area contributed by atoms with Crippen LogP contribution in [0.4, 0.5) is 0 Å². The van der Waals surface area contributed by atoms with Crippen LogP contribution in [-0.4, -0.2) is 7.85 Å². The highest BCUT2D eigenvalue weighted by Gasteiger charge is 2.26. The Hall–Kier alpha value is -0.685. The first-order valence-corrected chi connectivity index (χ1v) is 6.86. The maximum absolute atomic E-state index is 5.96. The molecular formula is C15H20BCl. The van der Waals surface area contributed by atoms with E-state index < -0.39 is 0 Å². The molecule has 2 rings (SSSR count). The maximum Gasteiger partial charge on any atom is 0.106 e. The maximum atomic E-state index is 5.96. The van der Waals surface area contributed by atoms with Crippen molar-refractivity contribution < 1.29 is 0 Å². The lowest BCUT2D eigenvalue weighted by Gasteiger charge is -2.33. The summed E-state index contributed by atoms with van der Waals surface area (Å²) in [6.45, 7) is 4.74. The minimum atomic E-state index is 0.438. The fourth-order valence-corrected chi connectivity index (χ4v) is 2.81. The first-order chi connectivity index (χ1) is 8.02. The third-order valence-corrected chi connectivity index (χ3v) is 4.06. The average Bonchev–Trinajstić information content (AvgIpc) is 2.29. The molecule has 0 saturated carbocycles. The SMILES string of the molecule is BCC1=C(c2ccc(Cl)cc2)CC(C)(C)CC1. The summed E-state index contributed by atoms with van der Waals surface area (Å²) in [7, 11) is 2.27. The molecule has 17 heavy (non-hydrogen) atoms. The summed E-state index contributed by atoms with van der Waals surface area (Å²) in [6.07, 6.45) is 4.93. The molecule has 0 atom stereocenters. The summed E-state index contributed by atoms with van der Waals surface area (Å²) >= 11 is 5.96. The van der Waals surface area contributed by atoms with E-state index in [0.29, 0.717) is 5.41 Å². The minimum Gasteiger partial charge on any atom is -0.0843 e. The average molecular weight is 247 g/mol. The first kappa shape index (κ1) is 12.8. The molecule has 0 unspecified atom stereocenters. The Morgan fingerprint density at radius 2 is 1.88 bits per heavy atom. The molecule has 2 heteroatoms. The fraction of sp³-hybridized carbons (Fsp3) is 0.467. The van der Waals surface area contributed by atoms with Crippen molar-refractivity contribution in [2.45, 2.75) is 39.4 Å². The molecular weight excluding hydrogens is 226 g/mol. The number of hydrogen-bond acceptors (Lipinski definition) is 0. The van der Waals surface area contributed by atoms with Gasteiger partial charge in [-0.2, -0.15) is 0 Å². The molecule has 1 aliphatic rings. The van der Waals surface area contributed by atoms with Gasteiger partial charge in [0.05, 0.1) is 0 Å². The lowest BCUT2D eigenvalue weighted by Crippen LogP contribution is -2.18. The van der Waals surface area contributed by atoms with Gasteiger partial charge in [-0.25, -0.2) is 0 Å². The summed E-state index contributed by atoms with van der Waals surface area (Å²) in [5.41, 5.74) is 4.99. The predicted octanol–water partition coefficient (Wildman–Crippen LogP) is 4.36. The molecule has 0 nitrogen and oxygen atoms in total. The number of benzene rings is 1. The summed E-state index contributed by atoms with van der Waals surface area (Å²) in [6, 6.07) is 8.32. The van der Waals surface area contributed by atoms with Gasteiger partial charge < -0.3 is 0 Å². The molecule has 0 aromatic heterocycles. The van der Waals surface area contributed by atoms with Crippen molar-refractivity contribution in [2.75, 3.05) is 0 Å². The van der Waals surface area contributed by atoms with Crippen LogP contribution in [0, 0.1) is 5.41 Å². The van der Waals surface area contributed by atoms with Crippen LogP contribution in [0.2, 0.25) is 11.3 Å². The Labute approximate surface area is 110 Å². The Morgan fingerprint density at radius 3 is 2.47 bits per heavy atom. The van der Waals surface area contributed by atoms with E-state index in [0.717, 1.165) is 5.02 Å². The third kappa shape index (κ3) is 2.95. The van der Waals surface area contributed by atoms with Crippen molar-refractivity contribution in [2.24, 2.45) is 5.41 Å². The summed E-state index contributed by atoms with van der Waals surface area (Å²) < 4.78 is 0. The zero-order valence-electron chi connectivity index (χ0n) is 11.0. The highest BCUT2D eigenvalue weighted by atomic mass is 35.5. The molecule has 90 valence electrons. The summed E-state index contributed by atoms with van der Waals surface area (Å²) in [5, 5.41) is 0.822. The summed E-state index contributed by atoms with van der Waals surface area (Å²) in [5.74, 6) is 0. The predicted molar refractivity (Wildman–Crippen MR) is 79.4 cm³/mol. The standard InChI is InChI=1S/C15H20BCl/c1-15(2)8-7-12(10-16)14(9-15)11-3-5-13(17)6-4-11/h3-6H,7-10,16H2,1-2H3. The van der Waals surface area contributed by atoms with E-state index in [1.54, 1.807) is 11.1 Å². The van der Waals surface area contributed by atoms with Crippen LogP contribution in [0.25, 0.3) is 5.57 Å². The van der Waals surface area contributed by atoms with Gasteiger partial charge in [-0.05, 0) is 47.9 Å². The van der Waals surface area contributed by atoms with E-state index >= 15 is 0 Å². The third-order valence-electron chi connectivity index (χ3n) is 3.81. The van der Waals surface area contributed by atoms with Crippen LogP contribution < -0.4 is 0 Å². The van der Waals surface area contributed by atoms with Crippen LogP contribution in [0.1, 0.15) is 38.7 Å². The Balaban J connectivity index is 2.39. The topological polar surface area (TPSA) is 0 Å².